The number of fused-ring (bicyclic) bond motifs is 1. The van der Waals surface area contributed by atoms with Crippen LogP contribution in [0.3, 0.4) is 0 Å². The van der Waals surface area contributed by atoms with Crippen molar-refractivity contribution in [3.05, 3.63) is 34.9 Å². The molecule has 1 aromatic rings. The van der Waals surface area contributed by atoms with Gasteiger partial charge in [0.25, 0.3) is 0 Å². The van der Waals surface area contributed by atoms with Gasteiger partial charge in [-0.2, -0.15) is 0 Å². The maximum Gasteiger partial charge on any atom is 0.246 e. The van der Waals surface area contributed by atoms with Crippen molar-refractivity contribution in [3.63, 3.8) is 0 Å². The topological polar surface area (TPSA) is 12.0 Å². The summed E-state index contributed by atoms with van der Waals surface area (Å²) in [5.74, 6) is -0.640. The van der Waals surface area contributed by atoms with E-state index in [4.69, 9.17) is 0 Å². The van der Waals surface area contributed by atoms with Crippen molar-refractivity contribution in [1.82, 2.24) is 5.32 Å². The third kappa shape index (κ3) is 1.52. The molecule has 1 atom stereocenters. The van der Waals surface area contributed by atoms with E-state index in [2.05, 4.69) is 5.32 Å². The van der Waals surface area contributed by atoms with Crippen LogP contribution < -0.4 is 5.32 Å². The van der Waals surface area contributed by atoms with Crippen LogP contribution in [0.5, 0.6) is 0 Å². The Morgan fingerprint density at radius 2 is 2.21 bits per heavy atom. The quantitative estimate of drug-likeness (QED) is 0.729. The number of hydrogen-bond donors (Lipinski definition) is 1. The van der Waals surface area contributed by atoms with E-state index in [0.717, 1.165) is 16.7 Å². The normalized spacial score (nSPS) is 21.0. The van der Waals surface area contributed by atoms with Crippen molar-refractivity contribution in [2.75, 3.05) is 6.54 Å². The summed E-state index contributed by atoms with van der Waals surface area (Å²) >= 11 is 0. The van der Waals surface area contributed by atoms with Crippen LogP contribution in [0.2, 0.25) is 0 Å². The van der Waals surface area contributed by atoms with E-state index in [1.807, 2.05) is 25.1 Å². The summed E-state index contributed by atoms with van der Waals surface area (Å²) in [7, 11) is 0. The molecule has 0 spiro atoms. The Balaban J connectivity index is 2.44. The lowest BCUT2D eigenvalue weighted by atomic mass is 9.89. The van der Waals surface area contributed by atoms with Crippen molar-refractivity contribution in [1.29, 1.82) is 0 Å². The van der Waals surface area contributed by atoms with E-state index in [1.54, 1.807) is 0 Å². The lowest BCUT2D eigenvalue weighted by molar-refractivity contribution is 0.109. The molecule has 0 fully saturated rings. The largest absolute Gasteiger partial charge is 0.312 e. The molecule has 3 heteroatoms. The van der Waals surface area contributed by atoms with Crippen molar-refractivity contribution < 1.29 is 8.78 Å². The fourth-order valence-corrected chi connectivity index (χ4v) is 2.00. The van der Waals surface area contributed by atoms with E-state index in [-0.39, 0.29) is 0 Å². The highest BCUT2D eigenvalue weighted by molar-refractivity contribution is 5.38. The molecule has 0 radical (unpaired) electrons. The number of nitrogens with one attached hydrogen (secondary N) is 1. The summed E-state index contributed by atoms with van der Waals surface area (Å²) in [6, 6.07) is 5.64. The molecule has 1 nitrogen and oxygen atoms in total. The Hall–Kier alpha value is -0.960. The predicted molar refractivity (Wildman–Crippen MR) is 51.6 cm³/mol. The Morgan fingerprint density at radius 1 is 1.43 bits per heavy atom. The molecule has 1 heterocycles. The van der Waals surface area contributed by atoms with Crippen molar-refractivity contribution in [3.8, 4) is 0 Å². The Bertz CT molecular complexity index is 336. The second-order valence-electron chi connectivity index (χ2n) is 3.71. The minimum Gasteiger partial charge on any atom is -0.312 e. The SMILES string of the molecule is Cc1cccc2c1CNC[C@H]2C(F)F. The minimum atomic E-state index is -2.27. The van der Waals surface area contributed by atoms with Crippen molar-refractivity contribution >= 4 is 0 Å². The van der Waals surface area contributed by atoms with Crippen LogP contribution in [0.25, 0.3) is 0 Å². The molecule has 2 rings (SSSR count). The second kappa shape index (κ2) is 3.65. The van der Waals surface area contributed by atoms with Crippen LogP contribution >= 0.6 is 0 Å². The number of alkyl halides is 2. The molecule has 0 amide bonds. The Labute approximate surface area is 82.1 Å². The zero-order valence-corrected chi connectivity index (χ0v) is 8.06. The Kier molecular flexibility index (Phi) is 2.50. The first-order valence-electron chi connectivity index (χ1n) is 4.77. The first kappa shape index (κ1) is 9.59. The molecule has 0 bridgehead atoms. The molecular formula is C11H13F2N. The van der Waals surface area contributed by atoms with Gasteiger partial charge in [0, 0.05) is 13.1 Å². The highest BCUT2D eigenvalue weighted by Crippen LogP contribution is 2.30. The average molecular weight is 197 g/mol. The van der Waals surface area contributed by atoms with Gasteiger partial charge in [0.1, 0.15) is 0 Å². The zero-order chi connectivity index (χ0) is 10.1. The van der Waals surface area contributed by atoms with Crippen molar-refractivity contribution in [2.45, 2.75) is 25.8 Å². The minimum absolute atomic E-state index is 0.383. The van der Waals surface area contributed by atoms with Crippen LogP contribution in [0.1, 0.15) is 22.6 Å². The summed E-state index contributed by atoms with van der Waals surface area (Å²) in [6.45, 7) is 3.06. The summed E-state index contributed by atoms with van der Waals surface area (Å²) in [4.78, 5) is 0. The van der Waals surface area contributed by atoms with Crippen molar-refractivity contribution in [2.24, 2.45) is 0 Å². The maximum absolute atomic E-state index is 12.7. The van der Waals surface area contributed by atoms with Gasteiger partial charge in [-0.1, -0.05) is 18.2 Å². The average Bonchev–Trinajstić information content (AvgIpc) is 2.17. The first-order chi connectivity index (χ1) is 6.70. The zero-order valence-electron chi connectivity index (χ0n) is 8.06. The smallest absolute Gasteiger partial charge is 0.246 e. The summed E-state index contributed by atoms with van der Waals surface area (Å²) < 4.78 is 25.4. The third-order valence-electron chi connectivity index (χ3n) is 2.82. The number of rotatable bonds is 1. The van der Waals surface area contributed by atoms with Gasteiger partial charge >= 0.3 is 0 Å². The van der Waals surface area contributed by atoms with Crippen LogP contribution in [-0.2, 0) is 6.54 Å². The van der Waals surface area contributed by atoms with E-state index >= 15 is 0 Å². The van der Waals surface area contributed by atoms with Gasteiger partial charge in [-0.05, 0) is 23.6 Å². The third-order valence-corrected chi connectivity index (χ3v) is 2.82. The second-order valence-corrected chi connectivity index (χ2v) is 3.71. The number of hydrogen-bond acceptors (Lipinski definition) is 1. The fraction of sp³-hybridized carbons (Fsp3) is 0.455. The summed E-state index contributed by atoms with van der Waals surface area (Å²) in [5.41, 5.74) is 2.96. The van der Waals surface area contributed by atoms with Gasteiger partial charge in [-0.25, -0.2) is 8.78 Å². The predicted octanol–water partition coefficient (Wildman–Crippen LogP) is 2.45. The molecule has 14 heavy (non-hydrogen) atoms. The van der Waals surface area contributed by atoms with Gasteiger partial charge < -0.3 is 5.32 Å². The molecule has 0 aliphatic carbocycles. The van der Waals surface area contributed by atoms with Crippen LogP contribution in [0.4, 0.5) is 8.78 Å². The van der Waals surface area contributed by atoms with Crippen LogP contribution in [0, 0.1) is 6.92 Å². The Morgan fingerprint density at radius 3 is 2.93 bits per heavy atom. The number of aryl methyl sites for hydroxylation is 1. The fourth-order valence-electron chi connectivity index (χ4n) is 2.00. The maximum atomic E-state index is 12.7. The lowest BCUT2D eigenvalue weighted by Crippen LogP contribution is -2.32. The summed E-state index contributed by atoms with van der Waals surface area (Å²) in [5, 5.41) is 3.03. The molecule has 1 aliphatic heterocycles. The van der Waals surface area contributed by atoms with Gasteiger partial charge in [0.15, 0.2) is 0 Å². The van der Waals surface area contributed by atoms with Gasteiger partial charge in [-0.15, -0.1) is 0 Å². The highest BCUT2D eigenvalue weighted by Gasteiger charge is 2.27. The molecular weight excluding hydrogens is 184 g/mol. The molecule has 0 saturated heterocycles. The standard InChI is InChI=1S/C11H13F2N/c1-7-3-2-4-8-9(7)5-14-6-10(8)11(12)13/h2-4,10-11,14H,5-6H2,1H3/t10-/m1/s1. The van der Waals surface area contributed by atoms with Gasteiger partial charge in [0.05, 0.1) is 5.92 Å². The van der Waals surface area contributed by atoms with E-state index < -0.39 is 12.3 Å². The van der Waals surface area contributed by atoms with E-state index in [1.165, 1.54) is 0 Å². The van der Waals surface area contributed by atoms with E-state index in [0.29, 0.717) is 13.1 Å². The lowest BCUT2D eigenvalue weighted by Gasteiger charge is -2.26. The van der Waals surface area contributed by atoms with E-state index in [9.17, 15) is 8.78 Å². The van der Waals surface area contributed by atoms with Gasteiger partial charge in [-0.3, -0.25) is 0 Å². The molecule has 1 aliphatic rings. The monoisotopic (exact) mass is 197 g/mol. The molecule has 1 N–H and O–H groups in total. The van der Waals surface area contributed by atoms with Crippen LogP contribution in [0.15, 0.2) is 18.2 Å². The number of benzene rings is 1. The molecule has 0 saturated carbocycles. The number of halogens is 2. The molecule has 0 unspecified atom stereocenters. The highest BCUT2D eigenvalue weighted by atomic mass is 19.3. The molecule has 76 valence electrons. The van der Waals surface area contributed by atoms with Gasteiger partial charge in [0.2, 0.25) is 6.43 Å². The first-order valence-corrected chi connectivity index (χ1v) is 4.77. The molecule has 1 aromatic carbocycles. The van der Waals surface area contributed by atoms with Crippen LogP contribution in [-0.4, -0.2) is 13.0 Å². The molecule has 0 aromatic heterocycles. The summed E-state index contributed by atoms with van der Waals surface area (Å²) in [6.07, 6.45) is -2.27.